The lowest BCUT2D eigenvalue weighted by atomic mass is 9.98. The largest absolute Gasteiger partial charge is 0.454 e. The maximum atomic E-state index is 12.6. The van der Waals surface area contributed by atoms with Gasteiger partial charge in [0.25, 0.3) is 5.91 Å². The number of carbonyl (C=O) groups is 1. The van der Waals surface area contributed by atoms with Gasteiger partial charge < -0.3 is 19.1 Å². The van der Waals surface area contributed by atoms with Crippen LogP contribution in [0.5, 0.6) is 11.5 Å². The van der Waals surface area contributed by atoms with E-state index < -0.39 is 0 Å². The van der Waals surface area contributed by atoms with Gasteiger partial charge >= 0.3 is 0 Å². The van der Waals surface area contributed by atoms with Crippen LogP contribution in [0.25, 0.3) is 0 Å². The Bertz CT molecular complexity index is 593. The van der Waals surface area contributed by atoms with Gasteiger partial charge in [0.2, 0.25) is 6.79 Å². The van der Waals surface area contributed by atoms with Gasteiger partial charge in [0, 0.05) is 24.6 Å². The maximum Gasteiger partial charge on any atom is 0.254 e. The van der Waals surface area contributed by atoms with Crippen LogP contribution in [0.1, 0.15) is 23.2 Å². The van der Waals surface area contributed by atoms with Gasteiger partial charge in [-0.2, -0.15) is 0 Å². The van der Waals surface area contributed by atoms with Crippen LogP contribution in [0.3, 0.4) is 0 Å². The summed E-state index contributed by atoms with van der Waals surface area (Å²) in [6.07, 6.45) is 7.23. The summed E-state index contributed by atoms with van der Waals surface area (Å²) in [5.74, 6) is 4.16. The topological polar surface area (TPSA) is 48.0 Å². The number of nitrogens with zero attached hydrogens (tertiary/aromatic N) is 1. The Hall–Kier alpha value is -2.19. The van der Waals surface area contributed by atoms with Crippen LogP contribution in [-0.2, 0) is 4.74 Å². The number of piperidine rings is 1. The second kappa shape index (κ2) is 6.71. The van der Waals surface area contributed by atoms with Crippen molar-refractivity contribution in [1.82, 2.24) is 4.90 Å². The van der Waals surface area contributed by atoms with Crippen LogP contribution >= 0.6 is 0 Å². The number of ether oxygens (including phenoxy) is 3. The van der Waals surface area contributed by atoms with Crippen molar-refractivity contribution >= 4 is 5.91 Å². The fraction of sp³-hybridized carbons (Fsp3) is 0.471. The molecule has 0 spiro atoms. The van der Waals surface area contributed by atoms with Crippen LogP contribution in [0.2, 0.25) is 0 Å². The lowest BCUT2D eigenvalue weighted by Gasteiger charge is -2.32. The van der Waals surface area contributed by atoms with Crippen LogP contribution in [0.4, 0.5) is 0 Å². The first-order chi connectivity index (χ1) is 10.8. The fourth-order valence-electron chi connectivity index (χ4n) is 2.88. The standard InChI is InChI=1S/C17H19NO4/c1-2-8-20-11-13-4-3-7-18(10-13)17(19)14-5-6-15-16(9-14)22-12-21-15/h1,5-6,9,13H,3-4,7-8,10-12H2/t13-/m1/s1. The number of hydrogen-bond donors (Lipinski definition) is 0. The zero-order valence-corrected chi connectivity index (χ0v) is 12.4. The predicted molar refractivity (Wildman–Crippen MR) is 80.8 cm³/mol. The SMILES string of the molecule is C#CCOC[C@@H]1CCCN(C(=O)c2ccc3c(c2)OCO3)C1. The van der Waals surface area contributed by atoms with E-state index in [9.17, 15) is 4.79 Å². The third-order valence-corrected chi connectivity index (χ3v) is 3.96. The van der Waals surface area contributed by atoms with Crippen molar-refractivity contribution in [2.75, 3.05) is 33.1 Å². The van der Waals surface area contributed by atoms with Crippen LogP contribution < -0.4 is 9.47 Å². The summed E-state index contributed by atoms with van der Waals surface area (Å²) in [6, 6.07) is 5.32. The molecule has 0 saturated carbocycles. The van der Waals surface area contributed by atoms with E-state index in [1.807, 2.05) is 4.90 Å². The Morgan fingerprint density at radius 2 is 2.27 bits per heavy atom. The average molecular weight is 301 g/mol. The minimum absolute atomic E-state index is 0.0277. The van der Waals surface area contributed by atoms with Crippen molar-refractivity contribution < 1.29 is 19.0 Å². The molecule has 2 heterocycles. The lowest BCUT2D eigenvalue weighted by Crippen LogP contribution is -2.41. The van der Waals surface area contributed by atoms with E-state index in [1.165, 1.54) is 0 Å². The number of rotatable bonds is 4. The third-order valence-electron chi connectivity index (χ3n) is 3.96. The highest BCUT2D eigenvalue weighted by Gasteiger charge is 2.26. The number of fused-ring (bicyclic) bond motifs is 1. The zero-order chi connectivity index (χ0) is 15.4. The second-order valence-electron chi connectivity index (χ2n) is 5.55. The molecule has 3 rings (SSSR count). The Morgan fingerprint density at radius 3 is 3.14 bits per heavy atom. The van der Waals surface area contributed by atoms with Crippen molar-refractivity contribution in [1.29, 1.82) is 0 Å². The molecule has 0 unspecified atom stereocenters. The monoisotopic (exact) mass is 301 g/mol. The number of terminal acetylenes is 1. The molecule has 0 bridgehead atoms. The molecule has 0 radical (unpaired) electrons. The first-order valence-corrected chi connectivity index (χ1v) is 7.48. The summed E-state index contributed by atoms with van der Waals surface area (Å²) in [5, 5.41) is 0. The fourth-order valence-corrected chi connectivity index (χ4v) is 2.88. The first-order valence-electron chi connectivity index (χ1n) is 7.48. The number of carbonyl (C=O) groups excluding carboxylic acids is 1. The van der Waals surface area contributed by atoms with E-state index in [4.69, 9.17) is 20.6 Å². The molecule has 0 aliphatic carbocycles. The molecule has 1 amide bonds. The molecule has 0 N–H and O–H groups in total. The average Bonchev–Trinajstić information content (AvgIpc) is 3.02. The Balaban J connectivity index is 1.63. The molecule has 1 fully saturated rings. The minimum atomic E-state index is 0.0277. The third kappa shape index (κ3) is 3.18. The summed E-state index contributed by atoms with van der Waals surface area (Å²) >= 11 is 0. The van der Waals surface area contributed by atoms with Crippen molar-refractivity contribution in [3.8, 4) is 23.8 Å². The molecule has 0 aromatic heterocycles. The van der Waals surface area contributed by atoms with E-state index in [1.54, 1.807) is 18.2 Å². The van der Waals surface area contributed by atoms with E-state index >= 15 is 0 Å². The number of amides is 1. The number of hydrogen-bond acceptors (Lipinski definition) is 4. The molecule has 5 nitrogen and oxygen atoms in total. The van der Waals surface area contributed by atoms with Gasteiger partial charge in [-0.05, 0) is 31.0 Å². The van der Waals surface area contributed by atoms with Crippen molar-refractivity contribution in [3.63, 3.8) is 0 Å². The smallest absolute Gasteiger partial charge is 0.254 e. The molecule has 1 aromatic rings. The summed E-state index contributed by atoms with van der Waals surface area (Å²) in [6.45, 7) is 2.63. The zero-order valence-electron chi connectivity index (χ0n) is 12.4. The number of likely N-dealkylation sites (tertiary alicyclic amines) is 1. The lowest BCUT2D eigenvalue weighted by molar-refractivity contribution is 0.0534. The normalized spacial score (nSPS) is 19.8. The molecule has 2 aliphatic rings. The van der Waals surface area contributed by atoms with Gasteiger partial charge in [-0.1, -0.05) is 5.92 Å². The number of benzene rings is 1. The van der Waals surface area contributed by atoms with Gasteiger partial charge in [0.15, 0.2) is 11.5 Å². The van der Waals surface area contributed by atoms with E-state index in [0.29, 0.717) is 42.7 Å². The summed E-state index contributed by atoms with van der Waals surface area (Å²) in [4.78, 5) is 14.5. The second-order valence-corrected chi connectivity index (χ2v) is 5.55. The maximum absolute atomic E-state index is 12.6. The molecule has 1 aromatic carbocycles. The van der Waals surface area contributed by atoms with Crippen molar-refractivity contribution in [2.24, 2.45) is 5.92 Å². The molecule has 2 aliphatic heterocycles. The Kier molecular flexibility index (Phi) is 4.50. The molecule has 116 valence electrons. The van der Waals surface area contributed by atoms with Crippen LogP contribution in [0, 0.1) is 18.3 Å². The summed E-state index contributed by atoms with van der Waals surface area (Å²) in [7, 11) is 0. The van der Waals surface area contributed by atoms with Gasteiger partial charge in [0.05, 0.1) is 6.61 Å². The summed E-state index contributed by atoms with van der Waals surface area (Å²) in [5.41, 5.74) is 0.634. The highest BCUT2D eigenvalue weighted by Crippen LogP contribution is 2.33. The molecular weight excluding hydrogens is 282 g/mol. The van der Waals surface area contributed by atoms with Crippen molar-refractivity contribution in [2.45, 2.75) is 12.8 Å². The van der Waals surface area contributed by atoms with Crippen LogP contribution in [-0.4, -0.2) is 43.9 Å². The van der Waals surface area contributed by atoms with Gasteiger partial charge in [-0.3, -0.25) is 4.79 Å². The van der Waals surface area contributed by atoms with Crippen molar-refractivity contribution in [3.05, 3.63) is 23.8 Å². The predicted octanol–water partition coefficient (Wildman–Crippen LogP) is 1.92. The Labute approximate surface area is 130 Å². The van der Waals surface area contributed by atoms with E-state index in [2.05, 4.69) is 5.92 Å². The highest BCUT2D eigenvalue weighted by molar-refractivity contribution is 5.95. The van der Waals surface area contributed by atoms with Gasteiger partial charge in [-0.15, -0.1) is 6.42 Å². The quantitative estimate of drug-likeness (QED) is 0.630. The molecule has 22 heavy (non-hydrogen) atoms. The van der Waals surface area contributed by atoms with E-state index in [-0.39, 0.29) is 12.7 Å². The van der Waals surface area contributed by atoms with Gasteiger partial charge in [-0.25, -0.2) is 0 Å². The van der Waals surface area contributed by atoms with E-state index in [0.717, 1.165) is 19.4 Å². The van der Waals surface area contributed by atoms with Gasteiger partial charge in [0.1, 0.15) is 6.61 Å². The molecular formula is C17H19NO4. The molecule has 5 heteroatoms. The molecule has 1 atom stereocenters. The summed E-state index contributed by atoms with van der Waals surface area (Å²) < 4.78 is 16.0. The Morgan fingerprint density at radius 1 is 1.41 bits per heavy atom. The highest BCUT2D eigenvalue weighted by atomic mass is 16.7. The minimum Gasteiger partial charge on any atom is -0.454 e. The molecule has 1 saturated heterocycles. The van der Waals surface area contributed by atoms with Crippen LogP contribution in [0.15, 0.2) is 18.2 Å². The first kappa shape index (κ1) is 14.7.